The molecule has 0 aliphatic carbocycles. The molecule has 1 unspecified atom stereocenters. The fourth-order valence-corrected chi connectivity index (χ4v) is 1.23. The van der Waals surface area contributed by atoms with Gasteiger partial charge < -0.3 is 15.5 Å². The van der Waals surface area contributed by atoms with Crippen molar-refractivity contribution in [2.24, 2.45) is 5.41 Å². The van der Waals surface area contributed by atoms with Crippen molar-refractivity contribution < 1.29 is 10.2 Å². The van der Waals surface area contributed by atoms with E-state index in [0.717, 1.165) is 19.4 Å². The zero-order chi connectivity index (χ0) is 10.3. The molecule has 13 heavy (non-hydrogen) atoms. The van der Waals surface area contributed by atoms with E-state index < -0.39 is 0 Å². The summed E-state index contributed by atoms with van der Waals surface area (Å²) in [6, 6.07) is 0.115. The first-order chi connectivity index (χ1) is 6.14. The zero-order valence-electron chi connectivity index (χ0n) is 9.01. The monoisotopic (exact) mass is 189 g/mol. The molecule has 0 fully saturated rings. The summed E-state index contributed by atoms with van der Waals surface area (Å²) in [6.45, 7) is 7.25. The highest BCUT2D eigenvalue weighted by Crippen LogP contribution is 2.24. The first kappa shape index (κ1) is 12.9. The van der Waals surface area contributed by atoms with Gasteiger partial charge in [0.1, 0.15) is 0 Å². The summed E-state index contributed by atoms with van der Waals surface area (Å²) in [4.78, 5) is 0. The maximum Gasteiger partial charge on any atom is 0.0581 e. The lowest BCUT2D eigenvalue weighted by Gasteiger charge is -2.30. The Kier molecular flexibility index (Phi) is 6.29. The molecule has 3 heteroatoms. The van der Waals surface area contributed by atoms with Gasteiger partial charge in [0.05, 0.1) is 6.61 Å². The van der Waals surface area contributed by atoms with Crippen LogP contribution in [0.1, 0.15) is 33.6 Å². The molecule has 0 rings (SSSR count). The summed E-state index contributed by atoms with van der Waals surface area (Å²) < 4.78 is 0. The first-order valence-electron chi connectivity index (χ1n) is 5.09. The van der Waals surface area contributed by atoms with Crippen molar-refractivity contribution in [1.29, 1.82) is 0 Å². The molecule has 3 nitrogen and oxygen atoms in total. The Hall–Kier alpha value is -0.120. The average Bonchev–Trinajstić information content (AvgIpc) is 2.20. The maximum atomic E-state index is 9.26. The molecule has 0 aromatic heterocycles. The topological polar surface area (TPSA) is 52.5 Å². The molecule has 0 bridgehead atoms. The van der Waals surface area contributed by atoms with E-state index in [4.69, 9.17) is 5.11 Å². The highest BCUT2D eigenvalue weighted by Gasteiger charge is 2.25. The van der Waals surface area contributed by atoms with Gasteiger partial charge in [-0.1, -0.05) is 13.8 Å². The summed E-state index contributed by atoms with van der Waals surface area (Å²) in [5.41, 5.74) is -0.0105. The molecular formula is C10H23NO2. The molecule has 80 valence electrons. The molecule has 0 aliphatic heterocycles. The molecular weight excluding hydrogens is 166 g/mol. The lowest BCUT2D eigenvalue weighted by atomic mass is 9.83. The summed E-state index contributed by atoms with van der Waals surface area (Å²) >= 11 is 0. The summed E-state index contributed by atoms with van der Waals surface area (Å²) in [6.07, 6.45) is 1.93. The van der Waals surface area contributed by atoms with E-state index in [-0.39, 0.29) is 24.7 Å². The minimum atomic E-state index is -0.0105. The van der Waals surface area contributed by atoms with Gasteiger partial charge in [0.15, 0.2) is 0 Å². The largest absolute Gasteiger partial charge is 0.396 e. The van der Waals surface area contributed by atoms with Crippen molar-refractivity contribution in [3.05, 3.63) is 0 Å². The van der Waals surface area contributed by atoms with Crippen LogP contribution >= 0.6 is 0 Å². The van der Waals surface area contributed by atoms with Crippen LogP contribution < -0.4 is 5.32 Å². The van der Waals surface area contributed by atoms with Crippen molar-refractivity contribution in [1.82, 2.24) is 5.32 Å². The lowest BCUT2D eigenvalue weighted by molar-refractivity contribution is 0.106. The predicted octanol–water partition coefficient (Wildman–Crippen LogP) is 0.756. The predicted molar refractivity (Wildman–Crippen MR) is 54.7 cm³/mol. The van der Waals surface area contributed by atoms with E-state index in [0.29, 0.717) is 0 Å². The van der Waals surface area contributed by atoms with Gasteiger partial charge in [-0.25, -0.2) is 0 Å². The van der Waals surface area contributed by atoms with Crippen LogP contribution in [0.3, 0.4) is 0 Å². The number of rotatable bonds is 7. The normalized spacial score (nSPS) is 14.5. The van der Waals surface area contributed by atoms with Crippen LogP contribution in [0, 0.1) is 5.41 Å². The smallest absolute Gasteiger partial charge is 0.0581 e. The van der Waals surface area contributed by atoms with E-state index in [1.165, 1.54) is 0 Å². The zero-order valence-corrected chi connectivity index (χ0v) is 9.01. The molecule has 0 radical (unpaired) electrons. The molecule has 0 amide bonds. The molecule has 0 spiro atoms. The Labute approximate surface area is 81.2 Å². The number of aliphatic hydroxyl groups excluding tert-OH is 2. The molecule has 0 aliphatic rings. The Bertz CT molecular complexity index is 116. The fourth-order valence-electron chi connectivity index (χ4n) is 1.23. The molecule has 3 N–H and O–H groups in total. The van der Waals surface area contributed by atoms with Crippen LogP contribution in [0.4, 0.5) is 0 Å². The lowest BCUT2D eigenvalue weighted by Crippen LogP contribution is -2.41. The molecule has 0 heterocycles. The highest BCUT2D eigenvalue weighted by molar-refractivity contribution is 4.79. The number of aliphatic hydroxyl groups is 2. The van der Waals surface area contributed by atoms with E-state index in [1.807, 2.05) is 6.92 Å². The van der Waals surface area contributed by atoms with Crippen LogP contribution in [-0.2, 0) is 0 Å². The van der Waals surface area contributed by atoms with Gasteiger partial charge in [0, 0.05) is 24.6 Å². The Morgan fingerprint density at radius 3 is 2.08 bits per heavy atom. The van der Waals surface area contributed by atoms with Gasteiger partial charge in [-0.2, -0.15) is 0 Å². The average molecular weight is 189 g/mol. The first-order valence-corrected chi connectivity index (χ1v) is 5.09. The number of nitrogens with one attached hydrogen (secondary N) is 1. The Morgan fingerprint density at radius 2 is 1.77 bits per heavy atom. The third-order valence-corrected chi connectivity index (χ3v) is 2.93. The third kappa shape index (κ3) is 4.07. The van der Waals surface area contributed by atoms with Gasteiger partial charge >= 0.3 is 0 Å². The van der Waals surface area contributed by atoms with Crippen LogP contribution in [0.5, 0.6) is 0 Å². The van der Waals surface area contributed by atoms with Gasteiger partial charge in [-0.3, -0.25) is 0 Å². The summed E-state index contributed by atoms with van der Waals surface area (Å²) in [5, 5.41) is 21.3. The summed E-state index contributed by atoms with van der Waals surface area (Å²) in [7, 11) is 0. The van der Waals surface area contributed by atoms with Crippen LogP contribution in [0.15, 0.2) is 0 Å². The molecule has 0 aromatic carbocycles. The molecule has 0 aromatic rings. The maximum absolute atomic E-state index is 9.26. The van der Waals surface area contributed by atoms with Crippen LogP contribution in [0.25, 0.3) is 0 Å². The van der Waals surface area contributed by atoms with Crippen molar-refractivity contribution in [3.63, 3.8) is 0 Å². The SMILES string of the molecule is CCC(CC)(CO)CNC(C)CO. The Morgan fingerprint density at radius 1 is 1.23 bits per heavy atom. The van der Waals surface area contributed by atoms with E-state index >= 15 is 0 Å². The second-order valence-corrected chi connectivity index (χ2v) is 3.83. The second kappa shape index (κ2) is 6.35. The van der Waals surface area contributed by atoms with Gasteiger partial charge in [-0.15, -0.1) is 0 Å². The number of hydrogen-bond donors (Lipinski definition) is 3. The fraction of sp³-hybridized carbons (Fsp3) is 1.00. The third-order valence-electron chi connectivity index (χ3n) is 2.93. The van der Waals surface area contributed by atoms with Gasteiger partial charge in [0.2, 0.25) is 0 Å². The second-order valence-electron chi connectivity index (χ2n) is 3.83. The standard InChI is InChI=1S/C10H23NO2/c1-4-10(5-2,8-13)7-11-9(3)6-12/h9,11-13H,4-8H2,1-3H3. The van der Waals surface area contributed by atoms with Crippen molar-refractivity contribution in [2.75, 3.05) is 19.8 Å². The quantitative estimate of drug-likeness (QED) is 0.554. The van der Waals surface area contributed by atoms with Crippen LogP contribution in [-0.4, -0.2) is 36.0 Å². The Balaban J connectivity index is 3.95. The van der Waals surface area contributed by atoms with Crippen molar-refractivity contribution in [3.8, 4) is 0 Å². The van der Waals surface area contributed by atoms with Crippen molar-refractivity contribution in [2.45, 2.75) is 39.7 Å². The minimum absolute atomic E-state index is 0.0105. The number of hydrogen-bond acceptors (Lipinski definition) is 3. The van der Waals surface area contributed by atoms with Gasteiger partial charge in [-0.05, 0) is 19.8 Å². The minimum Gasteiger partial charge on any atom is -0.396 e. The van der Waals surface area contributed by atoms with E-state index in [2.05, 4.69) is 19.2 Å². The van der Waals surface area contributed by atoms with Crippen molar-refractivity contribution >= 4 is 0 Å². The summed E-state index contributed by atoms with van der Waals surface area (Å²) in [5.74, 6) is 0. The molecule has 1 atom stereocenters. The molecule has 0 saturated carbocycles. The van der Waals surface area contributed by atoms with E-state index in [9.17, 15) is 5.11 Å². The highest BCUT2D eigenvalue weighted by atomic mass is 16.3. The molecule has 0 saturated heterocycles. The van der Waals surface area contributed by atoms with Gasteiger partial charge in [0.25, 0.3) is 0 Å². The van der Waals surface area contributed by atoms with Crippen LogP contribution in [0.2, 0.25) is 0 Å². The van der Waals surface area contributed by atoms with E-state index in [1.54, 1.807) is 0 Å².